The SMILES string of the molecule is CC(C)N1CCC(c2nc(C(=O)O)c3n2CCC(O)C3)C1. The lowest BCUT2D eigenvalue weighted by atomic mass is 10.0. The van der Waals surface area contributed by atoms with E-state index in [2.05, 4.69) is 23.7 Å². The van der Waals surface area contributed by atoms with Crippen LogP contribution in [0.3, 0.4) is 0 Å². The molecule has 0 aliphatic carbocycles. The second kappa shape index (κ2) is 5.42. The fourth-order valence-corrected chi connectivity index (χ4v) is 3.52. The van der Waals surface area contributed by atoms with Crippen LogP contribution in [0, 0.1) is 0 Å². The van der Waals surface area contributed by atoms with Gasteiger partial charge in [-0.25, -0.2) is 9.78 Å². The molecule has 2 aliphatic heterocycles. The first kappa shape index (κ1) is 14.5. The van der Waals surface area contributed by atoms with Gasteiger partial charge in [-0.3, -0.25) is 0 Å². The van der Waals surface area contributed by atoms with E-state index < -0.39 is 12.1 Å². The molecule has 0 radical (unpaired) electrons. The summed E-state index contributed by atoms with van der Waals surface area (Å²) in [4.78, 5) is 18.2. The van der Waals surface area contributed by atoms with E-state index in [0.717, 1.165) is 25.3 Å². The van der Waals surface area contributed by atoms with E-state index in [1.165, 1.54) is 0 Å². The third-order valence-corrected chi connectivity index (χ3v) is 4.73. The Hall–Kier alpha value is -1.40. The molecule has 0 saturated carbocycles. The van der Waals surface area contributed by atoms with Crippen LogP contribution in [-0.4, -0.2) is 55.9 Å². The number of carboxylic acid groups (broad SMARTS) is 1. The van der Waals surface area contributed by atoms with Gasteiger partial charge in [0.2, 0.25) is 0 Å². The van der Waals surface area contributed by atoms with E-state index in [4.69, 9.17) is 0 Å². The summed E-state index contributed by atoms with van der Waals surface area (Å²) in [6, 6.07) is 0.506. The van der Waals surface area contributed by atoms with E-state index in [-0.39, 0.29) is 5.69 Å². The van der Waals surface area contributed by atoms with Gasteiger partial charge in [0.15, 0.2) is 5.69 Å². The lowest BCUT2D eigenvalue weighted by Crippen LogP contribution is -2.29. The molecule has 2 aliphatic rings. The number of aromatic carboxylic acids is 1. The Morgan fingerprint density at radius 2 is 2.10 bits per heavy atom. The average molecular weight is 293 g/mol. The van der Waals surface area contributed by atoms with Gasteiger partial charge in [0.25, 0.3) is 0 Å². The number of hydrogen-bond acceptors (Lipinski definition) is 4. The van der Waals surface area contributed by atoms with Crippen LogP contribution in [0.25, 0.3) is 0 Å². The van der Waals surface area contributed by atoms with Gasteiger partial charge in [0, 0.05) is 31.5 Å². The maximum atomic E-state index is 11.4. The summed E-state index contributed by atoms with van der Waals surface area (Å²) >= 11 is 0. The highest BCUT2D eigenvalue weighted by atomic mass is 16.4. The number of carboxylic acids is 1. The molecule has 2 atom stereocenters. The number of aliphatic hydroxyl groups is 1. The second-order valence-electron chi connectivity index (χ2n) is 6.44. The minimum absolute atomic E-state index is 0.131. The topological polar surface area (TPSA) is 78.6 Å². The number of fused-ring (bicyclic) bond motifs is 1. The van der Waals surface area contributed by atoms with Crippen molar-refractivity contribution in [2.75, 3.05) is 13.1 Å². The van der Waals surface area contributed by atoms with Crippen LogP contribution in [0.4, 0.5) is 0 Å². The largest absolute Gasteiger partial charge is 0.476 e. The summed E-state index contributed by atoms with van der Waals surface area (Å²) in [5.41, 5.74) is 0.825. The van der Waals surface area contributed by atoms with Gasteiger partial charge in [-0.05, 0) is 33.2 Å². The zero-order chi connectivity index (χ0) is 15.1. The van der Waals surface area contributed by atoms with Crippen molar-refractivity contribution in [3.8, 4) is 0 Å². The number of likely N-dealkylation sites (tertiary alicyclic amines) is 1. The number of imidazole rings is 1. The van der Waals surface area contributed by atoms with Crippen molar-refractivity contribution in [1.82, 2.24) is 14.5 Å². The molecule has 1 fully saturated rings. The minimum Gasteiger partial charge on any atom is -0.476 e. The van der Waals surface area contributed by atoms with Crippen LogP contribution in [0.1, 0.15) is 54.6 Å². The van der Waals surface area contributed by atoms with Crippen molar-refractivity contribution in [2.45, 2.75) is 57.7 Å². The molecule has 116 valence electrons. The first-order valence-electron chi connectivity index (χ1n) is 7.72. The van der Waals surface area contributed by atoms with E-state index in [9.17, 15) is 15.0 Å². The molecule has 2 N–H and O–H groups in total. The Kier molecular flexibility index (Phi) is 3.75. The fraction of sp³-hybridized carbons (Fsp3) is 0.733. The smallest absolute Gasteiger partial charge is 0.356 e. The number of carbonyl (C=O) groups is 1. The summed E-state index contributed by atoms with van der Waals surface area (Å²) < 4.78 is 2.05. The third kappa shape index (κ3) is 2.58. The summed E-state index contributed by atoms with van der Waals surface area (Å²) in [5.74, 6) is 0.213. The Bertz CT molecular complexity index is 553. The standard InChI is InChI=1S/C15H23N3O3/c1-9(2)17-5-3-10(8-17)14-16-13(15(20)21)12-7-11(19)4-6-18(12)14/h9-11,19H,3-8H2,1-2H3,(H,20,21). The number of rotatable bonds is 3. The highest BCUT2D eigenvalue weighted by molar-refractivity contribution is 5.87. The summed E-state index contributed by atoms with van der Waals surface area (Å²) in [6.07, 6.45) is 1.65. The Balaban J connectivity index is 1.93. The van der Waals surface area contributed by atoms with E-state index in [1.807, 2.05) is 4.57 Å². The molecule has 0 aromatic carbocycles. The van der Waals surface area contributed by atoms with Gasteiger partial charge in [-0.2, -0.15) is 0 Å². The van der Waals surface area contributed by atoms with Crippen LogP contribution in [0.2, 0.25) is 0 Å². The van der Waals surface area contributed by atoms with Crippen LogP contribution >= 0.6 is 0 Å². The van der Waals surface area contributed by atoms with Crippen LogP contribution in [0.15, 0.2) is 0 Å². The number of aromatic nitrogens is 2. The van der Waals surface area contributed by atoms with Crippen molar-refractivity contribution in [2.24, 2.45) is 0 Å². The third-order valence-electron chi connectivity index (χ3n) is 4.73. The van der Waals surface area contributed by atoms with Crippen LogP contribution < -0.4 is 0 Å². The van der Waals surface area contributed by atoms with Crippen molar-refractivity contribution in [3.05, 3.63) is 17.2 Å². The maximum Gasteiger partial charge on any atom is 0.356 e. The summed E-state index contributed by atoms with van der Waals surface area (Å²) in [7, 11) is 0. The molecular formula is C15H23N3O3. The van der Waals surface area contributed by atoms with Gasteiger partial charge >= 0.3 is 5.97 Å². The predicted octanol–water partition coefficient (Wildman–Crippen LogP) is 1.09. The first-order valence-corrected chi connectivity index (χ1v) is 7.72. The molecule has 3 heterocycles. The molecule has 0 amide bonds. The lowest BCUT2D eigenvalue weighted by Gasteiger charge is -2.23. The first-order chi connectivity index (χ1) is 9.97. The molecule has 0 bridgehead atoms. The zero-order valence-corrected chi connectivity index (χ0v) is 12.6. The van der Waals surface area contributed by atoms with Crippen molar-refractivity contribution in [3.63, 3.8) is 0 Å². The van der Waals surface area contributed by atoms with Gasteiger partial charge in [-0.1, -0.05) is 0 Å². The van der Waals surface area contributed by atoms with Gasteiger partial charge in [0.1, 0.15) is 5.82 Å². The molecule has 6 nitrogen and oxygen atoms in total. The maximum absolute atomic E-state index is 11.4. The molecule has 2 unspecified atom stereocenters. The summed E-state index contributed by atoms with van der Waals surface area (Å²) in [5, 5.41) is 19.2. The molecule has 6 heteroatoms. The normalized spacial score (nSPS) is 26.3. The average Bonchev–Trinajstić information content (AvgIpc) is 3.01. The molecule has 21 heavy (non-hydrogen) atoms. The van der Waals surface area contributed by atoms with E-state index in [1.54, 1.807) is 0 Å². The monoisotopic (exact) mass is 293 g/mol. The van der Waals surface area contributed by atoms with E-state index in [0.29, 0.717) is 37.0 Å². The van der Waals surface area contributed by atoms with Crippen molar-refractivity contribution < 1.29 is 15.0 Å². The number of nitrogens with zero attached hydrogens (tertiary/aromatic N) is 3. The molecular weight excluding hydrogens is 270 g/mol. The minimum atomic E-state index is -0.988. The van der Waals surface area contributed by atoms with E-state index >= 15 is 0 Å². The van der Waals surface area contributed by atoms with Crippen molar-refractivity contribution in [1.29, 1.82) is 0 Å². The summed E-state index contributed by atoms with van der Waals surface area (Å²) in [6.45, 7) is 7.01. The predicted molar refractivity (Wildman–Crippen MR) is 77.6 cm³/mol. The number of aliphatic hydroxyl groups excluding tert-OH is 1. The lowest BCUT2D eigenvalue weighted by molar-refractivity contribution is 0.0687. The second-order valence-corrected chi connectivity index (χ2v) is 6.44. The Morgan fingerprint density at radius 1 is 1.33 bits per heavy atom. The highest BCUT2D eigenvalue weighted by Crippen LogP contribution is 2.31. The van der Waals surface area contributed by atoms with Crippen LogP contribution in [-0.2, 0) is 13.0 Å². The Morgan fingerprint density at radius 3 is 2.71 bits per heavy atom. The van der Waals surface area contributed by atoms with Gasteiger partial charge in [0.05, 0.1) is 11.8 Å². The Labute approximate surface area is 124 Å². The number of hydrogen-bond donors (Lipinski definition) is 2. The molecule has 1 aromatic heterocycles. The quantitative estimate of drug-likeness (QED) is 0.872. The fourth-order valence-electron chi connectivity index (χ4n) is 3.52. The zero-order valence-electron chi connectivity index (χ0n) is 12.6. The van der Waals surface area contributed by atoms with Gasteiger partial charge in [-0.15, -0.1) is 0 Å². The van der Waals surface area contributed by atoms with Gasteiger partial charge < -0.3 is 19.7 Å². The molecule has 3 rings (SSSR count). The molecule has 1 aromatic rings. The highest BCUT2D eigenvalue weighted by Gasteiger charge is 2.34. The van der Waals surface area contributed by atoms with Crippen LogP contribution in [0.5, 0.6) is 0 Å². The molecule has 1 saturated heterocycles. The molecule has 0 spiro atoms. The van der Waals surface area contributed by atoms with Crippen molar-refractivity contribution >= 4 is 5.97 Å².